The Kier molecular flexibility index (Phi) is 7.63. The average molecular weight is 448 g/mol. The number of ether oxygens (including phenoxy) is 1. The largest absolute Gasteiger partial charge is 0.457 e. The number of ketones is 1. The second kappa shape index (κ2) is 9.62. The molecule has 1 aromatic rings. The minimum absolute atomic E-state index is 0.0686. The molecule has 31 heavy (non-hydrogen) atoms. The molecule has 1 fully saturated rings. The van der Waals surface area contributed by atoms with Crippen molar-refractivity contribution >= 4 is 21.8 Å². The lowest BCUT2D eigenvalue weighted by atomic mass is 9.98. The topological polar surface area (TPSA) is 131 Å². The zero-order valence-electron chi connectivity index (χ0n) is 18.6. The molecule has 0 saturated carbocycles. The molecular formula is C22H29N3O5S. The van der Waals surface area contributed by atoms with Crippen LogP contribution in [0.15, 0.2) is 22.2 Å². The SMILES string of the molecule is C/C(N)=C(\C#N)C(=O)COC(=O)C1CCN(S(=O)(=O)c2c(C)c(C)cc(C)c2C)CC1. The number of nitrogens with two attached hydrogens (primary N) is 1. The van der Waals surface area contributed by atoms with Gasteiger partial charge in [-0.05, 0) is 69.7 Å². The molecule has 8 nitrogen and oxygen atoms in total. The number of piperidine rings is 1. The van der Waals surface area contributed by atoms with Gasteiger partial charge in [0.05, 0.1) is 10.8 Å². The van der Waals surface area contributed by atoms with Gasteiger partial charge in [-0.2, -0.15) is 9.57 Å². The van der Waals surface area contributed by atoms with Gasteiger partial charge < -0.3 is 10.5 Å². The third kappa shape index (κ3) is 5.14. The van der Waals surface area contributed by atoms with Crippen LogP contribution in [0.25, 0.3) is 0 Å². The predicted octanol–water partition coefficient (Wildman–Crippen LogP) is 2.19. The second-order valence-corrected chi connectivity index (χ2v) is 9.84. The molecule has 2 N–H and O–H groups in total. The summed E-state index contributed by atoms with van der Waals surface area (Å²) in [5, 5.41) is 8.94. The van der Waals surface area contributed by atoms with Crippen LogP contribution in [0.3, 0.4) is 0 Å². The number of carbonyl (C=O) groups excluding carboxylic acids is 2. The van der Waals surface area contributed by atoms with E-state index in [4.69, 9.17) is 15.7 Å². The first-order valence-corrected chi connectivity index (χ1v) is 11.5. The number of esters is 1. The molecule has 0 amide bonds. The van der Waals surface area contributed by atoms with Gasteiger partial charge in [0.25, 0.3) is 0 Å². The molecule has 0 radical (unpaired) electrons. The Labute approximate surface area is 183 Å². The van der Waals surface area contributed by atoms with E-state index in [0.717, 1.165) is 22.3 Å². The summed E-state index contributed by atoms with van der Waals surface area (Å²) in [6.45, 7) is 8.64. The molecule has 2 rings (SSSR count). The monoisotopic (exact) mass is 447 g/mol. The number of carbonyl (C=O) groups is 2. The van der Waals surface area contributed by atoms with Crippen molar-refractivity contribution in [3.05, 3.63) is 39.6 Å². The van der Waals surface area contributed by atoms with Gasteiger partial charge >= 0.3 is 5.97 Å². The maximum Gasteiger partial charge on any atom is 0.309 e. The summed E-state index contributed by atoms with van der Waals surface area (Å²) >= 11 is 0. The Bertz CT molecular complexity index is 1050. The van der Waals surface area contributed by atoms with E-state index in [-0.39, 0.29) is 24.4 Å². The van der Waals surface area contributed by atoms with Crippen molar-refractivity contribution in [3.8, 4) is 6.07 Å². The Balaban J connectivity index is 2.06. The number of nitrogens with zero attached hydrogens (tertiary/aromatic N) is 2. The fourth-order valence-corrected chi connectivity index (χ4v) is 5.77. The van der Waals surface area contributed by atoms with Crippen molar-refractivity contribution in [1.82, 2.24) is 4.31 Å². The number of hydrogen-bond donors (Lipinski definition) is 1. The Hall–Kier alpha value is -2.70. The van der Waals surface area contributed by atoms with Crippen LogP contribution in [0, 0.1) is 44.9 Å². The highest BCUT2D eigenvalue weighted by Gasteiger charge is 2.35. The standard InChI is InChI=1S/C22H29N3O5S/c1-13-10-14(2)16(4)21(15(13)3)31(28,29)25-8-6-18(7-9-25)22(27)30-12-20(26)19(11-23)17(5)24/h10,18H,6-9,12,24H2,1-5H3/b19-17-. The minimum Gasteiger partial charge on any atom is -0.457 e. The number of sulfonamides is 1. The summed E-state index contributed by atoms with van der Waals surface area (Å²) < 4.78 is 33.1. The smallest absolute Gasteiger partial charge is 0.309 e. The summed E-state index contributed by atoms with van der Waals surface area (Å²) in [5.41, 5.74) is 8.63. The molecule has 0 atom stereocenters. The fourth-order valence-electron chi connectivity index (χ4n) is 3.73. The molecule has 1 aliphatic heterocycles. The molecule has 1 aliphatic rings. The van der Waals surface area contributed by atoms with Crippen LogP contribution in [0.2, 0.25) is 0 Å². The van der Waals surface area contributed by atoms with Gasteiger partial charge in [0.1, 0.15) is 11.6 Å². The molecule has 1 saturated heterocycles. The van der Waals surface area contributed by atoms with Crippen LogP contribution in [0.4, 0.5) is 0 Å². The Morgan fingerprint density at radius 2 is 1.68 bits per heavy atom. The highest BCUT2D eigenvalue weighted by atomic mass is 32.2. The van der Waals surface area contributed by atoms with Crippen molar-refractivity contribution in [2.75, 3.05) is 19.7 Å². The molecular weight excluding hydrogens is 418 g/mol. The van der Waals surface area contributed by atoms with Crippen LogP contribution >= 0.6 is 0 Å². The van der Waals surface area contributed by atoms with E-state index >= 15 is 0 Å². The second-order valence-electron chi connectivity index (χ2n) is 7.97. The van der Waals surface area contributed by atoms with E-state index in [2.05, 4.69) is 0 Å². The summed E-state index contributed by atoms with van der Waals surface area (Å²) in [5.74, 6) is -1.73. The zero-order chi connectivity index (χ0) is 23.5. The molecule has 0 aromatic heterocycles. The fraction of sp³-hybridized carbons (Fsp3) is 0.500. The summed E-state index contributed by atoms with van der Waals surface area (Å²) in [6.07, 6.45) is 0.595. The van der Waals surface area contributed by atoms with Crippen molar-refractivity contribution in [3.63, 3.8) is 0 Å². The van der Waals surface area contributed by atoms with Gasteiger partial charge in [0.2, 0.25) is 15.8 Å². The number of rotatable bonds is 6. The van der Waals surface area contributed by atoms with E-state index in [1.54, 1.807) is 6.07 Å². The molecule has 0 spiro atoms. The van der Waals surface area contributed by atoms with Crippen LogP contribution in [-0.2, 0) is 24.3 Å². The third-order valence-corrected chi connectivity index (χ3v) is 7.99. The lowest BCUT2D eigenvalue weighted by Crippen LogP contribution is -2.41. The molecule has 1 heterocycles. The maximum absolute atomic E-state index is 13.3. The van der Waals surface area contributed by atoms with E-state index in [1.807, 2.05) is 33.8 Å². The van der Waals surface area contributed by atoms with Gasteiger partial charge in [-0.15, -0.1) is 0 Å². The highest BCUT2D eigenvalue weighted by molar-refractivity contribution is 7.89. The van der Waals surface area contributed by atoms with Gasteiger partial charge in [-0.3, -0.25) is 9.59 Å². The molecule has 0 aliphatic carbocycles. The van der Waals surface area contributed by atoms with Crippen molar-refractivity contribution < 1.29 is 22.7 Å². The van der Waals surface area contributed by atoms with Gasteiger partial charge in [-0.25, -0.2) is 8.42 Å². The molecule has 0 bridgehead atoms. The number of hydrogen-bond acceptors (Lipinski definition) is 7. The van der Waals surface area contributed by atoms with Gasteiger partial charge in [0.15, 0.2) is 6.61 Å². The van der Waals surface area contributed by atoms with E-state index < -0.39 is 34.3 Å². The summed E-state index contributed by atoms with van der Waals surface area (Å²) in [7, 11) is -3.70. The quantitative estimate of drug-likeness (QED) is 0.402. The lowest BCUT2D eigenvalue weighted by molar-refractivity contribution is -0.152. The Morgan fingerprint density at radius 3 is 2.13 bits per heavy atom. The van der Waals surface area contributed by atoms with Crippen LogP contribution in [-0.4, -0.2) is 44.2 Å². The number of aryl methyl sites for hydroxylation is 2. The van der Waals surface area contributed by atoms with E-state index in [0.29, 0.717) is 17.7 Å². The predicted molar refractivity (Wildman–Crippen MR) is 115 cm³/mol. The summed E-state index contributed by atoms with van der Waals surface area (Å²) in [4.78, 5) is 24.6. The zero-order valence-corrected chi connectivity index (χ0v) is 19.4. The third-order valence-electron chi connectivity index (χ3n) is 5.81. The first-order valence-electron chi connectivity index (χ1n) is 10.1. The van der Waals surface area contributed by atoms with E-state index in [1.165, 1.54) is 11.2 Å². The number of benzene rings is 1. The molecule has 9 heteroatoms. The first kappa shape index (κ1) is 24.6. The molecule has 168 valence electrons. The van der Waals surface area contributed by atoms with Gasteiger partial charge in [0, 0.05) is 18.8 Å². The van der Waals surface area contributed by atoms with Crippen LogP contribution in [0.5, 0.6) is 0 Å². The average Bonchev–Trinajstić information content (AvgIpc) is 2.71. The number of allylic oxidation sites excluding steroid dienone is 1. The summed E-state index contributed by atoms with van der Waals surface area (Å²) in [6, 6.07) is 3.68. The normalized spacial score (nSPS) is 16.4. The van der Waals surface area contributed by atoms with Crippen LogP contribution < -0.4 is 5.73 Å². The highest BCUT2D eigenvalue weighted by Crippen LogP contribution is 2.31. The van der Waals surface area contributed by atoms with Crippen molar-refractivity contribution in [2.24, 2.45) is 11.7 Å². The number of Topliss-reactive ketones (excluding diaryl/α,β-unsaturated/α-hetero) is 1. The van der Waals surface area contributed by atoms with E-state index in [9.17, 15) is 18.0 Å². The Morgan fingerprint density at radius 1 is 1.16 bits per heavy atom. The minimum atomic E-state index is -3.70. The van der Waals surface area contributed by atoms with Crippen molar-refractivity contribution in [1.29, 1.82) is 5.26 Å². The van der Waals surface area contributed by atoms with Crippen molar-refractivity contribution in [2.45, 2.75) is 52.4 Å². The first-order chi connectivity index (χ1) is 14.4. The van der Waals surface area contributed by atoms with Crippen LogP contribution in [0.1, 0.15) is 42.0 Å². The molecule has 0 unspecified atom stereocenters. The molecule has 1 aromatic carbocycles. The number of nitriles is 1. The maximum atomic E-state index is 13.3. The van der Waals surface area contributed by atoms with Gasteiger partial charge in [-0.1, -0.05) is 6.07 Å². The lowest BCUT2D eigenvalue weighted by Gasteiger charge is -2.31.